The summed E-state index contributed by atoms with van der Waals surface area (Å²) in [7, 11) is 0. The zero-order chi connectivity index (χ0) is 20.0. The van der Waals surface area contributed by atoms with Crippen LogP contribution >= 0.6 is 11.6 Å². The molecule has 0 amide bonds. The van der Waals surface area contributed by atoms with E-state index in [2.05, 4.69) is 28.2 Å². The highest BCUT2D eigenvalue weighted by Crippen LogP contribution is 2.49. The van der Waals surface area contributed by atoms with E-state index < -0.39 is 0 Å². The predicted molar refractivity (Wildman–Crippen MR) is 117 cm³/mol. The van der Waals surface area contributed by atoms with Crippen LogP contribution in [0.1, 0.15) is 56.3 Å². The monoisotopic (exact) mass is 415 g/mol. The molecule has 0 unspecified atom stereocenters. The molecule has 1 saturated carbocycles. The maximum Gasteiger partial charge on any atom is 0.142 e. The van der Waals surface area contributed by atoms with Gasteiger partial charge in [-0.15, -0.1) is 0 Å². The summed E-state index contributed by atoms with van der Waals surface area (Å²) in [6.07, 6.45) is 7.91. The largest absolute Gasteiger partial charge is 0.459 e. The number of rotatable bonds is 3. The average molecular weight is 416 g/mol. The standard InChI is InChI=1S/C23H30ClN3O2/c1-15-25-21-19(24)12-17-11-18(13-27-9-5-16(14-28)6-10-27)29-22(17)20(21)23(26-15)7-3-2-4-8-23/h11-12,16,25-26,28H,1-10,13-14H2. The molecule has 2 aromatic rings. The molecule has 0 atom stereocenters. The van der Waals surface area contributed by atoms with Crippen molar-refractivity contribution in [3.05, 3.63) is 40.9 Å². The van der Waals surface area contributed by atoms with Crippen LogP contribution < -0.4 is 10.6 Å². The van der Waals surface area contributed by atoms with Crippen molar-refractivity contribution in [2.75, 3.05) is 25.0 Å². The van der Waals surface area contributed by atoms with Crippen LogP contribution in [0.3, 0.4) is 0 Å². The Kier molecular flexibility index (Phi) is 5.01. The van der Waals surface area contributed by atoms with Gasteiger partial charge in [0.1, 0.15) is 11.3 Å². The summed E-state index contributed by atoms with van der Waals surface area (Å²) in [6, 6.07) is 4.17. The Bertz CT molecular complexity index is 924. The summed E-state index contributed by atoms with van der Waals surface area (Å²) in [5.41, 5.74) is 2.94. The van der Waals surface area contributed by atoms with Crippen molar-refractivity contribution in [3.8, 4) is 0 Å². The summed E-state index contributed by atoms with van der Waals surface area (Å²) in [4.78, 5) is 2.42. The highest BCUT2D eigenvalue weighted by atomic mass is 35.5. The van der Waals surface area contributed by atoms with Gasteiger partial charge in [-0.05, 0) is 56.8 Å². The van der Waals surface area contributed by atoms with Gasteiger partial charge >= 0.3 is 0 Å². The summed E-state index contributed by atoms with van der Waals surface area (Å²) in [5, 5.41) is 18.2. The Balaban J connectivity index is 1.52. The second-order valence-electron chi connectivity index (χ2n) is 9.01. The van der Waals surface area contributed by atoms with Gasteiger partial charge < -0.3 is 20.2 Å². The minimum absolute atomic E-state index is 0.145. The molecule has 1 aliphatic carbocycles. The molecule has 3 N–H and O–H groups in total. The normalized spacial score (nSPS) is 22.5. The molecule has 1 aromatic heterocycles. The molecule has 3 aliphatic rings. The minimum atomic E-state index is -0.145. The lowest BCUT2D eigenvalue weighted by Crippen LogP contribution is -2.48. The minimum Gasteiger partial charge on any atom is -0.459 e. The summed E-state index contributed by atoms with van der Waals surface area (Å²) in [6.45, 7) is 7.27. The average Bonchev–Trinajstić information content (AvgIpc) is 3.10. The zero-order valence-corrected chi connectivity index (χ0v) is 17.7. The molecular weight excluding hydrogens is 386 g/mol. The highest BCUT2D eigenvalue weighted by molar-refractivity contribution is 6.34. The lowest BCUT2D eigenvalue weighted by Gasteiger charge is -2.44. The van der Waals surface area contributed by atoms with Crippen molar-refractivity contribution < 1.29 is 9.52 Å². The predicted octanol–water partition coefficient (Wildman–Crippen LogP) is 4.94. The van der Waals surface area contributed by atoms with Crippen LogP contribution in [0, 0.1) is 5.92 Å². The van der Waals surface area contributed by atoms with E-state index in [1.165, 1.54) is 24.8 Å². The smallest absolute Gasteiger partial charge is 0.142 e. The fourth-order valence-corrected chi connectivity index (χ4v) is 5.73. The van der Waals surface area contributed by atoms with Crippen LogP contribution in [0.25, 0.3) is 11.0 Å². The third-order valence-corrected chi connectivity index (χ3v) is 7.30. The number of benzene rings is 1. The molecular formula is C23H30ClN3O2. The molecule has 5 rings (SSSR count). The van der Waals surface area contributed by atoms with Crippen LogP contribution in [0.5, 0.6) is 0 Å². The summed E-state index contributed by atoms with van der Waals surface area (Å²) in [5.74, 6) is 2.26. The van der Waals surface area contributed by atoms with Crippen molar-refractivity contribution >= 4 is 28.3 Å². The van der Waals surface area contributed by atoms with Gasteiger partial charge in [-0.2, -0.15) is 0 Å². The number of nitrogens with zero attached hydrogens (tertiary/aromatic N) is 1. The fourth-order valence-electron chi connectivity index (χ4n) is 5.47. The first-order valence-electron chi connectivity index (χ1n) is 10.9. The van der Waals surface area contributed by atoms with Crippen molar-refractivity contribution in [1.29, 1.82) is 0 Å². The van der Waals surface area contributed by atoms with E-state index in [0.717, 1.165) is 78.6 Å². The Hall–Kier alpha value is -1.69. The molecule has 6 heteroatoms. The van der Waals surface area contributed by atoms with E-state index in [0.29, 0.717) is 12.5 Å². The number of aliphatic hydroxyl groups excluding tert-OH is 1. The molecule has 156 valence electrons. The van der Waals surface area contributed by atoms with E-state index in [1.54, 1.807) is 0 Å². The number of piperidine rings is 1. The molecule has 0 radical (unpaired) electrons. The summed E-state index contributed by atoms with van der Waals surface area (Å²) < 4.78 is 6.48. The topological polar surface area (TPSA) is 60.7 Å². The first-order chi connectivity index (χ1) is 14.1. The number of halogens is 1. The SMILES string of the molecule is C=C1Nc2c(Cl)cc3cc(CN4CCC(CO)CC4)oc3c2C2(CCCCC2)N1. The third-order valence-electron chi connectivity index (χ3n) is 7.01. The Morgan fingerprint density at radius 3 is 2.69 bits per heavy atom. The van der Waals surface area contributed by atoms with Crippen LogP contribution in [0.2, 0.25) is 5.02 Å². The molecule has 5 nitrogen and oxygen atoms in total. The van der Waals surface area contributed by atoms with Crippen LogP contribution in [-0.2, 0) is 12.1 Å². The number of hydrogen-bond acceptors (Lipinski definition) is 5. The van der Waals surface area contributed by atoms with Crippen molar-refractivity contribution in [1.82, 2.24) is 10.2 Å². The van der Waals surface area contributed by atoms with Gasteiger partial charge in [0.2, 0.25) is 0 Å². The van der Waals surface area contributed by atoms with E-state index >= 15 is 0 Å². The molecule has 1 spiro atoms. The lowest BCUT2D eigenvalue weighted by atomic mass is 9.74. The number of anilines is 1. The fraction of sp³-hybridized carbons (Fsp3) is 0.565. The van der Waals surface area contributed by atoms with Gasteiger partial charge in [-0.1, -0.05) is 37.4 Å². The molecule has 29 heavy (non-hydrogen) atoms. The van der Waals surface area contributed by atoms with Crippen molar-refractivity contribution in [3.63, 3.8) is 0 Å². The maximum atomic E-state index is 9.37. The first-order valence-corrected chi connectivity index (χ1v) is 11.3. The van der Waals surface area contributed by atoms with Crippen LogP contribution in [0.4, 0.5) is 5.69 Å². The Morgan fingerprint density at radius 1 is 1.21 bits per heavy atom. The molecule has 2 aliphatic heterocycles. The Morgan fingerprint density at radius 2 is 1.97 bits per heavy atom. The molecule has 3 heterocycles. The van der Waals surface area contributed by atoms with Gasteiger partial charge in [-0.25, -0.2) is 0 Å². The van der Waals surface area contributed by atoms with Crippen molar-refractivity contribution in [2.45, 2.75) is 57.0 Å². The molecule has 2 fully saturated rings. The van der Waals surface area contributed by atoms with E-state index in [-0.39, 0.29) is 5.54 Å². The van der Waals surface area contributed by atoms with E-state index in [1.807, 2.05) is 6.07 Å². The van der Waals surface area contributed by atoms with Gasteiger partial charge in [0.15, 0.2) is 0 Å². The molecule has 1 aromatic carbocycles. The Labute approximate surface area is 177 Å². The lowest BCUT2D eigenvalue weighted by molar-refractivity contribution is 0.122. The van der Waals surface area contributed by atoms with Gasteiger partial charge in [0, 0.05) is 17.6 Å². The van der Waals surface area contributed by atoms with Gasteiger partial charge in [0.05, 0.1) is 28.6 Å². The zero-order valence-electron chi connectivity index (χ0n) is 16.9. The number of likely N-dealkylation sites (tertiary alicyclic amines) is 1. The summed E-state index contributed by atoms with van der Waals surface area (Å²) >= 11 is 6.71. The quantitative estimate of drug-likeness (QED) is 0.663. The maximum absolute atomic E-state index is 9.37. The van der Waals surface area contributed by atoms with Gasteiger partial charge in [-0.3, -0.25) is 4.90 Å². The number of aliphatic hydroxyl groups is 1. The number of hydrogen-bond donors (Lipinski definition) is 3. The van der Waals surface area contributed by atoms with E-state index in [9.17, 15) is 5.11 Å². The third kappa shape index (κ3) is 3.43. The van der Waals surface area contributed by atoms with Gasteiger partial charge in [0.25, 0.3) is 0 Å². The first kappa shape index (κ1) is 19.3. The number of nitrogens with one attached hydrogen (secondary N) is 2. The van der Waals surface area contributed by atoms with E-state index in [4.69, 9.17) is 16.0 Å². The number of furan rings is 1. The highest BCUT2D eigenvalue weighted by Gasteiger charge is 2.42. The molecule has 1 saturated heterocycles. The second-order valence-corrected chi connectivity index (χ2v) is 9.42. The van der Waals surface area contributed by atoms with Crippen molar-refractivity contribution in [2.24, 2.45) is 5.92 Å². The number of fused-ring (bicyclic) bond motifs is 4. The van der Waals surface area contributed by atoms with Crippen LogP contribution in [-0.4, -0.2) is 29.7 Å². The van der Waals surface area contributed by atoms with Crippen LogP contribution in [0.15, 0.2) is 28.9 Å². The second kappa shape index (κ2) is 7.53. The molecule has 0 bridgehead atoms.